The number of benzene rings is 2. The number of nitro benzene ring substituents is 1. The predicted molar refractivity (Wildman–Crippen MR) is 119 cm³/mol. The molecule has 0 radical (unpaired) electrons. The van der Waals surface area contributed by atoms with Gasteiger partial charge < -0.3 is 14.8 Å². The summed E-state index contributed by atoms with van der Waals surface area (Å²) in [6.45, 7) is 0.294. The average molecular weight is 469 g/mol. The molecule has 0 unspecified atom stereocenters. The first-order valence-corrected chi connectivity index (χ1v) is 10.1. The SMILES string of the molecule is COc1cccc(-c2nnc3ccc(OCCNC(=O)c4ccc([N+](=O)[O-])cc4Cl)nn23)c1. The number of nitrogens with one attached hydrogen (secondary N) is 1. The minimum Gasteiger partial charge on any atom is -0.497 e. The number of halogens is 1. The summed E-state index contributed by atoms with van der Waals surface area (Å²) in [5, 5.41) is 26.1. The Labute approximate surface area is 192 Å². The van der Waals surface area contributed by atoms with Crippen molar-refractivity contribution in [2.45, 2.75) is 0 Å². The minimum atomic E-state index is -0.583. The first kappa shape index (κ1) is 22.0. The summed E-state index contributed by atoms with van der Waals surface area (Å²) in [7, 11) is 1.58. The van der Waals surface area contributed by atoms with Gasteiger partial charge in [-0.1, -0.05) is 23.7 Å². The Balaban J connectivity index is 1.40. The van der Waals surface area contributed by atoms with Crippen LogP contribution in [-0.2, 0) is 0 Å². The zero-order chi connectivity index (χ0) is 23.4. The number of rotatable bonds is 8. The van der Waals surface area contributed by atoms with Crippen LogP contribution >= 0.6 is 11.6 Å². The smallest absolute Gasteiger partial charge is 0.270 e. The molecule has 0 bridgehead atoms. The second-order valence-electron chi connectivity index (χ2n) is 6.72. The van der Waals surface area contributed by atoms with E-state index in [9.17, 15) is 14.9 Å². The molecule has 168 valence electrons. The molecule has 0 atom stereocenters. The van der Waals surface area contributed by atoms with Gasteiger partial charge in [-0.15, -0.1) is 15.3 Å². The van der Waals surface area contributed by atoms with Gasteiger partial charge in [0.05, 0.1) is 29.2 Å². The lowest BCUT2D eigenvalue weighted by Gasteiger charge is -2.09. The molecule has 1 amide bonds. The number of non-ortho nitro benzene ring substituents is 1. The molecule has 0 aliphatic rings. The first-order chi connectivity index (χ1) is 16.0. The van der Waals surface area contributed by atoms with Gasteiger partial charge in [-0.05, 0) is 24.3 Å². The molecule has 2 aromatic heterocycles. The van der Waals surface area contributed by atoms with Crippen LogP contribution in [0.15, 0.2) is 54.6 Å². The van der Waals surface area contributed by atoms with Gasteiger partial charge in [0.25, 0.3) is 11.6 Å². The van der Waals surface area contributed by atoms with Crippen LogP contribution < -0.4 is 14.8 Å². The number of aromatic nitrogens is 4. The molecule has 4 rings (SSSR count). The predicted octanol–water partition coefficient (Wildman–Crippen LogP) is 3.17. The van der Waals surface area contributed by atoms with Crippen LogP contribution in [-0.4, -0.2) is 50.9 Å². The van der Waals surface area contributed by atoms with Crippen LogP contribution in [0.5, 0.6) is 11.6 Å². The number of carbonyl (C=O) groups excluding carboxylic acids is 1. The number of hydrogen-bond donors (Lipinski definition) is 1. The van der Waals surface area contributed by atoms with Crippen molar-refractivity contribution in [2.75, 3.05) is 20.3 Å². The van der Waals surface area contributed by atoms with E-state index in [1.807, 2.05) is 24.3 Å². The summed E-state index contributed by atoms with van der Waals surface area (Å²) in [6.07, 6.45) is 0. The molecule has 0 saturated carbocycles. The Bertz CT molecular complexity index is 1340. The maximum absolute atomic E-state index is 12.3. The Morgan fingerprint density at radius 1 is 1.18 bits per heavy atom. The van der Waals surface area contributed by atoms with Crippen molar-refractivity contribution in [3.05, 3.63) is 75.3 Å². The van der Waals surface area contributed by atoms with Crippen LogP contribution in [0.1, 0.15) is 10.4 Å². The number of amides is 1. The number of ether oxygens (including phenoxy) is 2. The van der Waals surface area contributed by atoms with Gasteiger partial charge in [0.1, 0.15) is 12.4 Å². The monoisotopic (exact) mass is 468 g/mol. The molecule has 33 heavy (non-hydrogen) atoms. The zero-order valence-corrected chi connectivity index (χ0v) is 18.0. The summed E-state index contributed by atoms with van der Waals surface area (Å²) in [5.41, 5.74) is 1.26. The fourth-order valence-electron chi connectivity index (χ4n) is 3.01. The fraction of sp³-hybridized carbons (Fsp3) is 0.143. The summed E-state index contributed by atoms with van der Waals surface area (Å²) >= 11 is 5.98. The lowest BCUT2D eigenvalue weighted by atomic mass is 10.2. The topological polar surface area (TPSA) is 134 Å². The maximum Gasteiger partial charge on any atom is 0.270 e. The normalized spacial score (nSPS) is 10.7. The Hall–Kier alpha value is -4.25. The number of carbonyl (C=O) groups is 1. The van der Waals surface area contributed by atoms with Crippen molar-refractivity contribution in [3.8, 4) is 23.0 Å². The first-order valence-electron chi connectivity index (χ1n) is 9.68. The average Bonchev–Trinajstić information content (AvgIpc) is 3.25. The van der Waals surface area contributed by atoms with Gasteiger partial charge in [0.2, 0.25) is 5.88 Å². The Morgan fingerprint density at radius 2 is 2.03 bits per heavy atom. The molecule has 0 aliphatic carbocycles. The van der Waals surface area contributed by atoms with Gasteiger partial charge in [-0.3, -0.25) is 14.9 Å². The van der Waals surface area contributed by atoms with Crippen LogP contribution in [0.25, 0.3) is 17.0 Å². The second-order valence-corrected chi connectivity index (χ2v) is 7.13. The number of fused-ring (bicyclic) bond motifs is 1. The quantitative estimate of drug-likeness (QED) is 0.237. The summed E-state index contributed by atoms with van der Waals surface area (Å²) in [4.78, 5) is 22.5. The van der Waals surface area contributed by atoms with E-state index in [0.717, 1.165) is 11.6 Å². The molecule has 0 aliphatic heterocycles. The van der Waals surface area contributed by atoms with Crippen molar-refractivity contribution in [3.63, 3.8) is 0 Å². The minimum absolute atomic E-state index is 0.00702. The molecule has 0 saturated heterocycles. The van der Waals surface area contributed by atoms with E-state index in [4.69, 9.17) is 21.1 Å². The number of methoxy groups -OCH3 is 1. The highest BCUT2D eigenvalue weighted by Gasteiger charge is 2.15. The molecule has 12 heteroatoms. The van der Waals surface area contributed by atoms with Crippen LogP contribution in [0.2, 0.25) is 5.02 Å². The highest BCUT2D eigenvalue weighted by Crippen LogP contribution is 2.24. The van der Waals surface area contributed by atoms with Crippen molar-refractivity contribution in [2.24, 2.45) is 0 Å². The van der Waals surface area contributed by atoms with E-state index >= 15 is 0 Å². The summed E-state index contributed by atoms with van der Waals surface area (Å²) < 4.78 is 12.4. The van der Waals surface area contributed by atoms with Crippen LogP contribution in [0.4, 0.5) is 5.69 Å². The molecule has 0 spiro atoms. The van der Waals surface area contributed by atoms with Crippen LogP contribution in [0.3, 0.4) is 0 Å². The number of hydrogen-bond acceptors (Lipinski definition) is 8. The van der Waals surface area contributed by atoms with Gasteiger partial charge in [0.15, 0.2) is 11.5 Å². The largest absolute Gasteiger partial charge is 0.497 e. The van der Waals surface area contributed by atoms with E-state index < -0.39 is 10.8 Å². The number of nitrogens with zero attached hydrogens (tertiary/aromatic N) is 5. The maximum atomic E-state index is 12.3. The van der Waals surface area contributed by atoms with Gasteiger partial charge in [-0.2, -0.15) is 4.52 Å². The molecule has 0 fully saturated rings. The Morgan fingerprint density at radius 3 is 2.79 bits per heavy atom. The molecule has 2 heterocycles. The van der Waals surface area contributed by atoms with E-state index in [1.165, 1.54) is 12.1 Å². The molecule has 1 N–H and O–H groups in total. The highest BCUT2D eigenvalue weighted by atomic mass is 35.5. The van der Waals surface area contributed by atoms with Gasteiger partial charge in [0, 0.05) is 23.8 Å². The highest BCUT2D eigenvalue weighted by molar-refractivity contribution is 6.34. The number of nitro groups is 1. The van der Waals surface area contributed by atoms with Gasteiger partial charge >= 0.3 is 0 Å². The third-order valence-corrected chi connectivity index (χ3v) is 4.92. The lowest BCUT2D eigenvalue weighted by Crippen LogP contribution is -2.28. The lowest BCUT2D eigenvalue weighted by molar-refractivity contribution is -0.384. The van der Waals surface area contributed by atoms with E-state index in [0.29, 0.717) is 23.1 Å². The second kappa shape index (κ2) is 9.49. The Kier molecular flexibility index (Phi) is 6.31. The standard InChI is InChI=1S/C21H17ClN6O5/c1-32-15-4-2-3-13(11-15)20-25-24-18-7-8-19(26-27(18)20)33-10-9-23-21(29)16-6-5-14(28(30)31)12-17(16)22/h2-8,11-12H,9-10H2,1H3,(H,23,29). The van der Waals surface area contributed by atoms with Crippen molar-refractivity contribution in [1.82, 2.24) is 25.1 Å². The van der Waals surface area contributed by atoms with Crippen molar-refractivity contribution in [1.29, 1.82) is 0 Å². The van der Waals surface area contributed by atoms with E-state index in [2.05, 4.69) is 20.6 Å². The third-order valence-electron chi connectivity index (χ3n) is 4.61. The molecule has 11 nitrogen and oxygen atoms in total. The molecule has 2 aromatic carbocycles. The zero-order valence-electron chi connectivity index (χ0n) is 17.3. The van der Waals surface area contributed by atoms with E-state index in [1.54, 1.807) is 23.8 Å². The molecule has 4 aromatic rings. The van der Waals surface area contributed by atoms with Crippen LogP contribution in [0, 0.1) is 10.1 Å². The summed E-state index contributed by atoms with van der Waals surface area (Å²) in [6, 6.07) is 14.4. The van der Waals surface area contributed by atoms with E-state index in [-0.39, 0.29) is 29.4 Å². The summed E-state index contributed by atoms with van der Waals surface area (Å²) in [5.74, 6) is 1.05. The third kappa shape index (κ3) is 4.83. The fourth-order valence-corrected chi connectivity index (χ4v) is 3.27. The van der Waals surface area contributed by atoms with Crippen molar-refractivity contribution < 1.29 is 19.2 Å². The van der Waals surface area contributed by atoms with Gasteiger partial charge in [-0.25, -0.2) is 0 Å². The van der Waals surface area contributed by atoms with Crippen molar-refractivity contribution >= 4 is 28.8 Å². The molecular weight excluding hydrogens is 452 g/mol. The molecular formula is C21H17ClN6O5.